The molecule has 4 heteroatoms. The van der Waals surface area contributed by atoms with Crippen LogP contribution in [0.4, 0.5) is 0 Å². The normalized spacial score (nSPS) is 12.1. The molecule has 1 N–H and O–H groups in total. The minimum Gasteiger partial charge on any atom is -0.484 e. The molecule has 1 rings (SSSR count). The van der Waals surface area contributed by atoms with Gasteiger partial charge in [0.15, 0.2) is 6.61 Å². The second kappa shape index (κ2) is 6.78. The smallest absolute Gasteiger partial charge is 0.258 e. The molecule has 0 radical (unpaired) electrons. The summed E-state index contributed by atoms with van der Waals surface area (Å²) in [5.41, 5.74) is 2.21. The highest BCUT2D eigenvalue weighted by molar-refractivity contribution is 9.10. The van der Waals surface area contributed by atoms with Crippen LogP contribution in [-0.2, 0) is 4.79 Å². The standard InChI is InChI=1S/C14H20BrNO2/c1-5-11(4)16-13(17)8-18-12-6-9(2)14(15)10(3)7-12/h6-7,11H,5,8H2,1-4H3,(H,16,17). The second-order valence-electron chi connectivity index (χ2n) is 4.54. The van der Waals surface area contributed by atoms with E-state index < -0.39 is 0 Å². The van der Waals surface area contributed by atoms with E-state index in [0.29, 0.717) is 0 Å². The maximum absolute atomic E-state index is 11.6. The van der Waals surface area contributed by atoms with E-state index in [-0.39, 0.29) is 18.6 Å². The lowest BCUT2D eigenvalue weighted by Crippen LogP contribution is -2.35. The number of nitrogens with one attached hydrogen (secondary N) is 1. The number of carbonyl (C=O) groups is 1. The number of hydrogen-bond acceptors (Lipinski definition) is 2. The van der Waals surface area contributed by atoms with Gasteiger partial charge in [-0.3, -0.25) is 4.79 Å². The van der Waals surface area contributed by atoms with E-state index in [1.165, 1.54) is 0 Å². The number of ether oxygens (including phenoxy) is 1. The Kier molecular flexibility index (Phi) is 5.66. The molecule has 0 aliphatic heterocycles. The fraction of sp³-hybridized carbons (Fsp3) is 0.500. The molecule has 0 aromatic heterocycles. The second-order valence-corrected chi connectivity index (χ2v) is 5.33. The Morgan fingerprint density at radius 3 is 2.44 bits per heavy atom. The van der Waals surface area contributed by atoms with Gasteiger partial charge in [0, 0.05) is 10.5 Å². The van der Waals surface area contributed by atoms with E-state index in [2.05, 4.69) is 21.2 Å². The molecule has 1 unspecified atom stereocenters. The molecule has 0 fully saturated rings. The third-order valence-electron chi connectivity index (χ3n) is 2.80. The van der Waals surface area contributed by atoms with Crippen LogP contribution in [0, 0.1) is 13.8 Å². The van der Waals surface area contributed by atoms with E-state index in [9.17, 15) is 4.79 Å². The number of hydrogen-bond donors (Lipinski definition) is 1. The van der Waals surface area contributed by atoms with Crippen LogP contribution in [0.15, 0.2) is 16.6 Å². The third kappa shape index (κ3) is 4.33. The third-order valence-corrected chi connectivity index (χ3v) is 4.05. The molecular formula is C14H20BrNO2. The van der Waals surface area contributed by atoms with Gasteiger partial charge in [-0.1, -0.05) is 22.9 Å². The van der Waals surface area contributed by atoms with Crippen LogP contribution in [0.1, 0.15) is 31.4 Å². The number of aryl methyl sites for hydroxylation is 2. The fourth-order valence-electron chi connectivity index (χ4n) is 1.56. The van der Waals surface area contributed by atoms with E-state index in [1.807, 2.05) is 39.8 Å². The summed E-state index contributed by atoms with van der Waals surface area (Å²) in [6.07, 6.45) is 0.919. The summed E-state index contributed by atoms with van der Waals surface area (Å²) in [6, 6.07) is 4.04. The van der Waals surface area contributed by atoms with Crippen molar-refractivity contribution in [2.24, 2.45) is 0 Å². The molecule has 0 bridgehead atoms. The molecule has 3 nitrogen and oxygen atoms in total. The van der Waals surface area contributed by atoms with Crippen LogP contribution < -0.4 is 10.1 Å². The molecule has 0 aliphatic rings. The lowest BCUT2D eigenvalue weighted by molar-refractivity contribution is -0.123. The highest BCUT2D eigenvalue weighted by atomic mass is 79.9. The van der Waals surface area contributed by atoms with Gasteiger partial charge in [-0.2, -0.15) is 0 Å². The van der Waals surface area contributed by atoms with Gasteiger partial charge in [0.25, 0.3) is 5.91 Å². The molecule has 0 saturated carbocycles. The van der Waals surface area contributed by atoms with Crippen molar-refractivity contribution in [3.05, 3.63) is 27.7 Å². The Labute approximate surface area is 117 Å². The monoisotopic (exact) mass is 313 g/mol. The van der Waals surface area contributed by atoms with Crippen molar-refractivity contribution in [2.75, 3.05) is 6.61 Å². The summed E-state index contributed by atoms with van der Waals surface area (Å²) in [5.74, 6) is 0.648. The first kappa shape index (κ1) is 15.0. The van der Waals surface area contributed by atoms with Crippen LogP contribution in [0.25, 0.3) is 0 Å². The quantitative estimate of drug-likeness (QED) is 0.905. The minimum atomic E-state index is -0.0809. The molecule has 0 heterocycles. The maximum Gasteiger partial charge on any atom is 0.258 e. The van der Waals surface area contributed by atoms with Gasteiger partial charge in [-0.25, -0.2) is 0 Å². The summed E-state index contributed by atoms with van der Waals surface area (Å²) in [6.45, 7) is 8.08. The predicted octanol–water partition coefficient (Wildman–Crippen LogP) is 3.36. The predicted molar refractivity (Wildman–Crippen MR) is 77.0 cm³/mol. The van der Waals surface area contributed by atoms with E-state index >= 15 is 0 Å². The first-order valence-electron chi connectivity index (χ1n) is 6.13. The highest BCUT2D eigenvalue weighted by Crippen LogP contribution is 2.26. The Balaban J connectivity index is 2.56. The van der Waals surface area contributed by atoms with Gasteiger partial charge in [0.2, 0.25) is 0 Å². The van der Waals surface area contributed by atoms with Crippen molar-refractivity contribution >= 4 is 21.8 Å². The average Bonchev–Trinajstić information content (AvgIpc) is 2.33. The van der Waals surface area contributed by atoms with Crippen LogP contribution in [0.3, 0.4) is 0 Å². The van der Waals surface area contributed by atoms with E-state index in [0.717, 1.165) is 27.8 Å². The number of halogens is 1. The van der Waals surface area contributed by atoms with Gasteiger partial charge < -0.3 is 10.1 Å². The Morgan fingerprint density at radius 2 is 1.94 bits per heavy atom. The van der Waals surface area contributed by atoms with Gasteiger partial charge in [-0.05, 0) is 50.5 Å². The summed E-state index contributed by atoms with van der Waals surface area (Å²) < 4.78 is 6.58. The Morgan fingerprint density at radius 1 is 1.39 bits per heavy atom. The zero-order valence-corrected chi connectivity index (χ0v) is 12.9. The highest BCUT2D eigenvalue weighted by Gasteiger charge is 2.08. The van der Waals surface area contributed by atoms with Crippen molar-refractivity contribution in [1.29, 1.82) is 0 Å². The molecule has 18 heavy (non-hydrogen) atoms. The van der Waals surface area contributed by atoms with Crippen molar-refractivity contribution in [2.45, 2.75) is 40.2 Å². The molecule has 0 saturated heterocycles. The molecule has 1 amide bonds. The SMILES string of the molecule is CCC(C)NC(=O)COc1cc(C)c(Br)c(C)c1. The largest absolute Gasteiger partial charge is 0.484 e. The Hall–Kier alpha value is -1.03. The molecule has 100 valence electrons. The van der Waals surface area contributed by atoms with Crippen molar-refractivity contribution in [3.8, 4) is 5.75 Å². The van der Waals surface area contributed by atoms with Crippen LogP contribution in [-0.4, -0.2) is 18.6 Å². The minimum absolute atomic E-state index is 0.0604. The molecule has 0 spiro atoms. The number of benzene rings is 1. The number of amides is 1. The zero-order chi connectivity index (χ0) is 13.7. The fourth-order valence-corrected chi connectivity index (χ4v) is 1.79. The van der Waals surface area contributed by atoms with Crippen LogP contribution >= 0.6 is 15.9 Å². The van der Waals surface area contributed by atoms with Crippen LogP contribution in [0.5, 0.6) is 5.75 Å². The summed E-state index contributed by atoms with van der Waals surface area (Å²) in [5, 5.41) is 2.87. The summed E-state index contributed by atoms with van der Waals surface area (Å²) >= 11 is 3.50. The number of carbonyl (C=O) groups excluding carboxylic acids is 1. The summed E-state index contributed by atoms with van der Waals surface area (Å²) in [7, 11) is 0. The Bertz CT molecular complexity index is 409. The zero-order valence-electron chi connectivity index (χ0n) is 11.3. The van der Waals surface area contributed by atoms with Gasteiger partial charge in [0.05, 0.1) is 0 Å². The molecule has 1 atom stereocenters. The first-order valence-corrected chi connectivity index (χ1v) is 6.92. The van der Waals surface area contributed by atoms with Gasteiger partial charge in [-0.15, -0.1) is 0 Å². The average molecular weight is 314 g/mol. The first-order chi connectivity index (χ1) is 8.43. The molecule has 1 aromatic carbocycles. The lowest BCUT2D eigenvalue weighted by Gasteiger charge is -2.13. The van der Waals surface area contributed by atoms with Crippen LogP contribution in [0.2, 0.25) is 0 Å². The van der Waals surface area contributed by atoms with Crippen molar-refractivity contribution < 1.29 is 9.53 Å². The van der Waals surface area contributed by atoms with Gasteiger partial charge >= 0.3 is 0 Å². The number of rotatable bonds is 5. The molecule has 1 aromatic rings. The summed E-state index contributed by atoms with van der Waals surface area (Å²) in [4.78, 5) is 11.6. The lowest BCUT2D eigenvalue weighted by atomic mass is 10.1. The topological polar surface area (TPSA) is 38.3 Å². The van der Waals surface area contributed by atoms with Crippen molar-refractivity contribution in [3.63, 3.8) is 0 Å². The maximum atomic E-state index is 11.6. The van der Waals surface area contributed by atoms with E-state index in [4.69, 9.17) is 4.74 Å². The molecular weight excluding hydrogens is 294 g/mol. The van der Waals surface area contributed by atoms with Crippen molar-refractivity contribution in [1.82, 2.24) is 5.32 Å². The van der Waals surface area contributed by atoms with Gasteiger partial charge in [0.1, 0.15) is 5.75 Å². The van der Waals surface area contributed by atoms with E-state index in [1.54, 1.807) is 0 Å². The molecule has 0 aliphatic carbocycles.